The molecule has 0 saturated heterocycles. The number of ether oxygens (including phenoxy) is 1. The van der Waals surface area contributed by atoms with Crippen molar-refractivity contribution in [1.29, 1.82) is 0 Å². The molecule has 0 aliphatic rings. The van der Waals surface area contributed by atoms with Crippen LogP contribution in [-0.2, 0) is 0 Å². The molecule has 84 valence electrons. The molecule has 0 heterocycles. The van der Waals surface area contributed by atoms with Crippen LogP contribution in [0.3, 0.4) is 0 Å². The Labute approximate surface area is 100 Å². The molecule has 2 N–H and O–H groups in total. The highest BCUT2D eigenvalue weighted by molar-refractivity contribution is 9.10. The van der Waals surface area contributed by atoms with Crippen LogP contribution in [0, 0.1) is 13.8 Å². The average molecular weight is 273 g/mol. The summed E-state index contributed by atoms with van der Waals surface area (Å²) in [6.45, 7) is 9.22. The molecule has 0 unspecified atom stereocenters. The maximum atomic E-state index is 5.77. The van der Waals surface area contributed by atoms with E-state index in [2.05, 4.69) is 54.2 Å². The number of nitrogens with two attached hydrogens (primary N) is 1. The Morgan fingerprint density at radius 3 is 2.40 bits per heavy atom. The Bertz CT molecular complexity index is 302. The first-order chi connectivity index (χ1) is 7.15. The normalized spacial score (nSPS) is 10.4. The molecule has 0 aromatic heterocycles. The van der Waals surface area contributed by atoms with Gasteiger partial charge in [0, 0.05) is 4.47 Å². The van der Waals surface area contributed by atoms with Crippen LogP contribution in [0.1, 0.15) is 18.1 Å². The van der Waals surface area contributed by atoms with Gasteiger partial charge < -0.3 is 10.1 Å². The Hall–Kier alpha value is -0.540. The Morgan fingerprint density at radius 1 is 1.27 bits per heavy atom. The zero-order valence-electron chi connectivity index (χ0n) is 9.64. The van der Waals surface area contributed by atoms with Crippen LogP contribution < -0.4 is 10.1 Å². The van der Waals surface area contributed by atoms with Crippen LogP contribution in [0.15, 0.2) is 16.6 Å². The van der Waals surface area contributed by atoms with Gasteiger partial charge >= 0.3 is 0 Å². The number of hydrogen-bond acceptors (Lipinski definition) is 1. The monoisotopic (exact) mass is 272 g/mol. The van der Waals surface area contributed by atoms with Gasteiger partial charge in [0.15, 0.2) is 0 Å². The van der Waals surface area contributed by atoms with Crippen molar-refractivity contribution < 1.29 is 10.1 Å². The van der Waals surface area contributed by atoms with Gasteiger partial charge in [0.05, 0.1) is 6.54 Å². The van der Waals surface area contributed by atoms with E-state index in [-0.39, 0.29) is 0 Å². The molecule has 0 spiro atoms. The fraction of sp³-hybridized carbons (Fsp3) is 0.500. The first kappa shape index (κ1) is 12.5. The van der Waals surface area contributed by atoms with E-state index in [0.717, 1.165) is 29.9 Å². The number of hydrogen-bond donors (Lipinski definition) is 1. The fourth-order valence-corrected chi connectivity index (χ4v) is 2.26. The summed E-state index contributed by atoms with van der Waals surface area (Å²) < 4.78 is 6.89. The molecule has 0 aliphatic carbocycles. The molecule has 0 amide bonds. The van der Waals surface area contributed by atoms with E-state index in [1.807, 2.05) is 0 Å². The van der Waals surface area contributed by atoms with E-state index in [1.54, 1.807) is 0 Å². The standard InChI is InChI=1S/C12H18BrNO/c1-4-14-5-6-15-12-9(2)7-11(13)8-10(12)3/h7-8,14H,4-6H2,1-3H3/p+1. The fourth-order valence-electron chi connectivity index (χ4n) is 1.57. The smallest absolute Gasteiger partial charge is 0.137 e. The number of quaternary nitrogens is 1. The lowest BCUT2D eigenvalue weighted by atomic mass is 10.1. The molecule has 0 fully saturated rings. The Balaban J connectivity index is 2.60. The molecular weight excluding hydrogens is 254 g/mol. The average Bonchev–Trinajstić information content (AvgIpc) is 2.15. The summed E-state index contributed by atoms with van der Waals surface area (Å²) in [4.78, 5) is 0. The van der Waals surface area contributed by atoms with Crippen molar-refractivity contribution in [1.82, 2.24) is 0 Å². The predicted octanol–water partition coefficient (Wildman–Crippen LogP) is 2.03. The predicted molar refractivity (Wildman–Crippen MR) is 66.4 cm³/mol. The summed E-state index contributed by atoms with van der Waals surface area (Å²) in [6.07, 6.45) is 0. The molecule has 1 aromatic rings. The lowest BCUT2D eigenvalue weighted by Crippen LogP contribution is -2.84. The first-order valence-electron chi connectivity index (χ1n) is 5.36. The topological polar surface area (TPSA) is 25.8 Å². The van der Waals surface area contributed by atoms with Crippen molar-refractivity contribution >= 4 is 15.9 Å². The summed E-state index contributed by atoms with van der Waals surface area (Å²) in [6, 6.07) is 4.18. The Morgan fingerprint density at radius 2 is 1.87 bits per heavy atom. The molecule has 1 rings (SSSR count). The highest BCUT2D eigenvalue weighted by Crippen LogP contribution is 2.26. The van der Waals surface area contributed by atoms with Crippen molar-refractivity contribution in [3.8, 4) is 5.75 Å². The molecule has 0 aliphatic heterocycles. The largest absolute Gasteiger partial charge is 0.487 e. The quantitative estimate of drug-likeness (QED) is 0.816. The van der Waals surface area contributed by atoms with Gasteiger partial charge in [-0.25, -0.2) is 0 Å². The first-order valence-corrected chi connectivity index (χ1v) is 6.15. The molecule has 15 heavy (non-hydrogen) atoms. The molecule has 0 bridgehead atoms. The lowest BCUT2D eigenvalue weighted by Gasteiger charge is -2.11. The van der Waals surface area contributed by atoms with E-state index in [9.17, 15) is 0 Å². The van der Waals surface area contributed by atoms with Crippen molar-refractivity contribution in [2.75, 3.05) is 19.7 Å². The minimum atomic E-state index is 0.775. The van der Waals surface area contributed by atoms with Crippen LogP contribution in [0.25, 0.3) is 0 Å². The third kappa shape index (κ3) is 3.84. The second-order valence-corrected chi connectivity index (χ2v) is 4.62. The molecular formula is C12H19BrNO+. The summed E-state index contributed by atoms with van der Waals surface area (Å²) in [5.41, 5.74) is 2.39. The van der Waals surface area contributed by atoms with E-state index in [1.165, 1.54) is 11.1 Å². The van der Waals surface area contributed by atoms with E-state index in [4.69, 9.17) is 4.74 Å². The van der Waals surface area contributed by atoms with Crippen LogP contribution in [0.2, 0.25) is 0 Å². The summed E-state index contributed by atoms with van der Waals surface area (Å²) in [5.74, 6) is 1.03. The highest BCUT2D eigenvalue weighted by Gasteiger charge is 2.05. The van der Waals surface area contributed by atoms with Gasteiger partial charge in [-0.05, 0) is 44.0 Å². The van der Waals surface area contributed by atoms with Gasteiger partial charge in [0.2, 0.25) is 0 Å². The molecule has 2 nitrogen and oxygen atoms in total. The van der Waals surface area contributed by atoms with Crippen molar-refractivity contribution in [3.05, 3.63) is 27.7 Å². The zero-order chi connectivity index (χ0) is 11.3. The van der Waals surface area contributed by atoms with Gasteiger partial charge in [0.1, 0.15) is 18.9 Å². The minimum Gasteiger partial charge on any atom is -0.487 e. The molecule has 0 atom stereocenters. The molecule has 0 saturated carbocycles. The summed E-state index contributed by atoms with van der Waals surface area (Å²) in [5, 5.41) is 2.24. The number of benzene rings is 1. The van der Waals surface area contributed by atoms with Crippen LogP contribution in [0.4, 0.5) is 0 Å². The molecule has 1 aromatic carbocycles. The Kier molecular flexibility index (Phi) is 5.12. The van der Waals surface area contributed by atoms with Gasteiger partial charge in [0.25, 0.3) is 0 Å². The maximum absolute atomic E-state index is 5.77. The zero-order valence-corrected chi connectivity index (χ0v) is 11.2. The van der Waals surface area contributed by atoms with Crippen LogP contribution in [-0.4, -0.2) is 19.7 Å². The maximum Gasteiger partial charge on any atom is 0.137 e. The van der Waals surface area contributed by atoms with Gasteiger partial charge in [-0.2, -0.15) is 0 Å². The molecule has 3 heteroatoms. The van der Waals surface area contributed by atoms with Crippen molar-refractivity contribution in [3.63, 3.8) is 0 Å². The van der Waals surface area contributed by atoms with Gasteiger partial charge in [-0.3, -0.25) is 0 Å². The van der Waals surface area contributed by atoms with E-state index < -0.39 is 0 Å². The third-order valence-electron chi connectivity index (χ3n) is 2.28. The third-order valence-corrected chi connectivity index (χ3v) is 2.74. The van der Waals surface area contributed by atoms with Crippen molar-refractivity contribution in [2.24, 2.45) is 0 Å². The SMILES string of the molecule is CC[NH2+]CCOc1c(C)cc(Br)cc1C. The highest BCUT2D eigenvalue weighted by atomic mass is 79.9. The molecule has 0 radical (unpaired) electrons. The van der Waals surface area contributed by atoms with Crippen LogP contribution >= 0.6 is 15.9 Å². The van der Waals surface area contributed by atoms with Crippen molar-refractivity contribution in [2.45, 2.75) is 20.8 Å². The lowest BCUT2D eigenvalue weighted by molar-refractivity contribution is -0.652. The second kappa shape index (κ2) is 6.13. The number of aryl methyl sites for hydroxylation is 2. The van der Waals surface area contributed by atoms with Gasteiger partial charge in [-0.1, -0.05) is 15.9 Å². The summed E-state index contributed by atoms with van der Waals surface area (Å²) >= 11 is 3.48. The summed E-state index contributed by atoms with van der Waals surface area (Å²) in [7, 11) is 0. The van der Waals surface area contributed by atoms with Gasteiger partial charge in [-0.15, -0.1) is 0 Å². The number of halogens is 1. The van der Waals surface area contributed by atoms with E-state index in [0.29, 0.717) is 0 Å². The second-order valence-electron chi connectivity index (χ2n) is 3.70. The minimum absolute atomic E-state index is 0.775. The number of likely N-dealkylation sites (N-methyl/N-ethyl adjacent to an activating group) is 1. The van der Waals surface area contributed by atoms with Crippen LogP contribution in [0.5, 0.6) is 5.75 Å². The van der Waals surface area contributed by atoms with E-state index >= 15 is 0 Å². The number of rotatable bonds is 5.